The Morgan fingerprint density at radius 1 is 1.19 bits per heavy atom. The molecule has 21 heavy (non-hydrogen) atoms. The second kappa shape index (κ2) is 8.03. The number of nitrogens with zero attached hydrogens (tertiary/aromatic N) is 1. The minimum Gasteiger partial charge on any atom is -0.337 e. The summed E-state index contributed by atoms with van der Waals surface area (Å²) in [6.07, 6.45) is 4.68. The van der Waals surface area contributed by atoms with Gasteiger partial charge >= 0.3 is 6.03 Å². The van der Waals surface area contributed by atoms with Crippen molar-refractivity contribution in [3.63, 3.8) is 0 Å². The SMILES string of the molecule is CCN(CC)CCNC(=O)Nc1cccc2c1CCCC2. The normalized spacial score (nSPS) is 13.9. The number of amides is 2. The first-order chi connectivity index (χ1) is 10.2. The van der Waals surface area contributed by atoms with E-state index >= 15 is 0 Å². The number of rotatable bonds is 6. The van der Waals surface area contributed by atoms with Crippen LogP contribution in [0, 0.1) is 0 Å². The molecule has 0 fully saturated rings. The van der Waals surface area contributed by atoms with Gasteiger partial charge in [-0.25, -0.2) is 4.79 Å². The Bertz CT molecular complexity index is 469. The molecule has 1 aromatic carbocycles. The quantitative estimate of drug-likeness (QED) is 0.845. The Morgan fingerprint density at radius 3 is 2.71 bits per heavy atom. The summed E-state index contributed by atoms with van der Waals surface area (Å²) in [5, 5.41) is 5.96. The molecule has 0 aromatic heterocycles. The summed E-state index contributed by atoms with van der Waals surface area (Å²) in [5.41, 5.74) is 3.69. The highest BCUT2D eigenvalue weighted by molar-refractivity contribution is 5.90. The molecule has 0 unspecified atom stereocenters. The zero-order valence-electron chi connectivity index (χ0n) is 13.2. The summed E-state index contributed by atoms with van der Waals surface area (Å²) in [4.78, 5) is 14.3. The summed E-state index contributed by atoms with van der Waals surface area (Å²) >= 11 is 0. The van der Waals surface area contributed by atoms with E-state index in [2.05, 4.69) is 35.4 Å². The lowest BCUT2D eigenvalue weighted by atomic mass is 9.90. The van der Waals surface area contributed by atoms with Crippen LogP contribution >= 0.6 is 0 Å². The van der Waals surface area contributed by atoms with Crippen molar-refractivity contribution in [3.8, 4) is 0 Å². The van der Waals surface area contributed by atoms with Crippen LogP contribution in [-0.2, 0) is 12.8 Å². The highest BCUT2D eigenvalue weighted by Gasteiger charge is 2.14. The van der Waals surface area contributed by atoms with Gasteiger partial charge in [0.25, 0.3) is 0 Å². The van der Waals surface area contributed by atoms with Crippen LogP contribution in [0.15, 0.2) is 18.2 Å². The van der Waals surface area contributed by atoms with E-state index in [1.807, 2.05) is 12.1 Å². The van der Waals surface area contributed by atoms with Crippen molar-refractivity contribution in [1.82, 2.24) is 10.2 Å². The minimum absolute atomic E-state index is 0.0962. The van der Waals surface area contributed by atoms with Gasteiger partial charge < -0.3 is 15.5 Å². The lowest BCUT2D eigenvalue weighted by molar-refractivity contribution is 0.247. The van der Waals surface area contributed by atoms with Crippen molar-refractivity contribution in [2.75, 3.05) is 31.5 Å². The monoisotopic (exact) mass is 289 g/mol. The van der Waals surface area contributed by atoms with E-state index in [0.717, 1.165) is 38.2 Å². The Hall–Kier alpha value is -1.55. The van der Waals surface area contributed by atoms with Crippen LogP contribution in [0.1, 0.15) is 37.8 Å². The Morgan fingerprint density at radius 2 is 1.95 bits per heavy atom. The number of hydrogen-bond donors (Lipinski definition) is 2. The van der Waals surface area contributed by atoms with Crippen molar-refractivity contribution in [2.45, 2.75) is 39.5 Å². The van der Waals surface area contributed by atoms with Gasteiger partial charge in [-0.2, -0.15) is 0 Å². The second-order valence-electron chi connectivity index (χ2n) is 5.56. The Kier molecular flexibility index (Phi) is 6.05. The number of carbonyl (C=O) groups is 1. The molecule has 2 amide bonds. The number of nitrogens with one attached hydrogen (secondary N) is 2. The zero-order chi connectivity index (χ0) is 15.1. The lowest BCUT2D eigenvalue weighted by Gasteiger charge is -2.20. The minimum atomic E-state index is -0.0962. The molecule has 0 bridgehead atoms. The number of hydrogen-bond acceptors (Lipinski definition) is 2. The molecular weight excluding hydrogens is 262 g/mol. The molecule has 116 valence electrons. The van der Waals surface area contributed by atoms with Gasteiger partial charge in [-0.1, -0.05) is 26.0 Å². The van der Waals surface area contributed by atoms with E-state index < -0.39 is 0 Å². The highest BCUT2D eigenvalue weighted by Crippen LogP contribution is 2.27. The topological polar surface area (TPSA) is 44.4 Å². The maximum atomic E-state index is 12.0. The van der Waals surface area contributed by atoms with E-state index in [4.69, 9.17) is 0 Å². The predicted octanol–water partition coefficient (Wildman–Crippen LogP) is 3.03. The maximum absolute atomic E-state index is 12.0. The largest absolute Gasteiger partial charge is 0.337 e. The molecule has 1 aliphatic carbocycles. The number of carbonyl (C=O) groups excluding carboxylic acids is 1. The van der Waals surface area contributed by atoms with Gasteiger partial charge in [0.15, 0.2) is 0 Å². The summed E-state index contributed by atoms with van der Waals surface area (Å²) in [6.45, 7) is 7.90. The fourth-order valence-corrected chi connectivity index (χ4v) is 2.93. The van der Waals surface area contributed by atoms with E-state index in [9.17, 15) is 4.79 Å². The maximum Gasteiger partial charge on any atom is 0.319 e. The van der Waals surface area contributed by atoms with Crippen molar-refractivity contribution in [3.05, 3.63) is 29.3 Å². The molecule has 0 radical (unpaired) electrons. The van der Waals surface area contributed by atoms with Gasteiger partial charge in [-0.05, 0) is 56.0 Å². The van der Waals surface area contributed by atoms with Crippen LogP contribution in [0.5, 0.6) is 0 Å². The first-order valence-corrected chi connectivity index (χ1v) is 8.12. The Labute approximate surface area is 127 Å². The molecule has 4 nitrogen and oxygen atoms in total. The van der Waals surface area contributed by atoms with E-state index in [-0.39, 0.29) is 6.03 Å². The molecule has 4 heteroatoms. The number of aryl methyl sites for hydroxylation is 1. The molecule has 1 aliphatic rings. The standard InChI is InChI=1S/C17H27N3O/c1-3-20(4-2)13-12-18-17(21)19-16-11-7-9-14-8-5-6-10-15(14)16/h7,9,11H,3-6,8,10,12-13H2,1-2H3,(H2,18,19,21). The van der Waals surface area contributed by atoms with Crippen molar-refractivity contribution in [2.24, 2.45) is 0 Å². The van der Waals surface area contributed by atoms with Gasteiger partial charge in [0.05, 0.1) is 0 Å². The molecule has 1 aromatic rings. The highest BCUT2D eigenvalue weighted by atomic mass is 16.2. The molecule has 0 aliphatic heterocycles. The molecule has 0 saturated heterocycles. The summed E-state index contributed by atoms with van der Waals surface area (Å²) in [5.74, 6) is 0. The van der Waals surface area contributed by atoms with E-state index in [0.29, 0.717) is 6.54 Å². The second-order valence-corrected chi connectivity index (χ2v) is 5.56. The molecular formula is C17H27N3O. The van der Waals surface area contributed by atoms with Crippen molar-refractivity contribution >= 4 is 11.7 Å². The van der Waals surface area contributed by atoms with E-state index in [1.165, 1.54) is 24.0 Å². The fourth-order valence-electron chi connectivity index (χ4n) is 2.93. The molecule has 2 rings (SSSR count). The van der Waals surface area contributed by atoms with Crippen molar-refractivity contribution in [1.29, 1.82) is 0 Å². The number of likely N-dealkylation sites (N-methyl/N-ethyl adjacent to an activating group) is 1. The molecule has 0 heterocycles. The average Bonchev–Trinajstić information content (AvgIpc) is 2.52. The third-order valence-electron chi connectivity index (χ3n) is 4.25. The first-order valence-electron chi connectivity index (χ1n) is 8.12. The van der Waals surface area contributed by atoms with Gasteiger partial charge in [0.1, 0.15) is 0 Å². The third kappa shape index (κ3) is 4.46. The summed E-state index contributed by atoms with van der Waals surface area (Å²) in [7, 11) is 0. The van der Waals surface area contributed by atoms with Crippen LogP contribution in [0.25, 0.3) is 0 Å². The number of fused-ring (bicyclic) bond motifs is 1. The van der Waals surface area contributed by atoms with Gasteiger partial charge in [0, 0.05) is 18.8 Å². The molecule has 0 spiro atoms. The van der Waals surface area contributed by atoms with Crippen LogP contribution in [0.3, 0.4) is 0 Å². The Balaban J connectivity index is 1.85. The summed E-state index contributed by atoms with van der Waals surface area (Å²) in [6, 6.07) is 6.13. The van der Waals surface area contributed by atoms with Crippen LogP contribution in [0.2, 0.25) is 0 Å². The van der Waals surface area contributed by atoms with Gasteiger partial charge in [-0.15, -0.1) is 0 Å². The first kappa shape index (κ1) is 15.8. The third-order valence-corrected chi connectivity index (χ3v) is 4.25. The average molecular weight is 289 g/mol. The lowest BCUT2D eigenvalue weighted by Crippen LogP contribution is -2.37. The number of benzene rings is 1. The van der Waals surface area contributed by atoms with Crippen molar-refractivity contribution < 1.29 is 4.79 Å². The van der Waals surface area contributed by atoms with Crippen LogP contribution < -0.4 is 10.6 Å². The van der Waals surface area contributed by atoms with Gasteiger partial charge in [-0.3, -0.25) is 0 Å². The van der Waals surface area contributed by atoms with Crippen LogP contribution in [0.4, 0.5) is 10.5 Å². The zero-order valence-corrected chi connectivity index (χ0v) is 13.2. The van der Waals surface area contributed by atoms with Gasteiger partial charge in [0.2, 0.25) is 0 Å². The smallest absolute Gasteiger partial charge is 0.319 e. The molecule has 0 atom stereocenters. The number of urea groups is 1. The number of anilines is 1. The predicted molar refractivity (Wildman–Crippen MR) is 87.9 cm³/mol. The fraction of sp³-hybridized carbons (Fsp3) is 0.588. The molecule has 2 N–H and O–H groups in total. The van der Waals surface area contributed by atoms with E-state index in [1.54, 1.807) is 0 Å². The van der Waals surface area contributed by atoms with Crippen LogP contribution in [-0.4, -0.2) is 37.1 Å². The summed E-state index contributed by atoms with van der Waals surface area (Å²) < 4.78 is 0. The molecule has 0 saturated carbocycles.